The van der Waals surface area contributed by atoms with Crippen molar-refractivity contribution in [3.05, 3.63) is 23.8 Å². The lowest BCUT2D eigenvalue weighted by Gasteiger charge is -2.27. The van der Waals surface area contributed by atoms with E-state index in [1.807, 2.05) is 25.1 Å². The Morgan fingerprint density at radius 3 is 1.94 bits per heavy atom. The minimum atomic E-state index is -2.83. The van der Waals surface area contributed by atoms with Crippen LogP contribution in [0.4, 0.5) is 0 Å². The van der Waals surface area contributed by atoms with Gasteiger partial charge >= 0.3 is 8.80 Å². The lowest BCUT2D eigenvalue weighted by molar-refractivity contribution is 0.139. The quantitative estimate of drug-likeness (QED) is 0.724. The Morgan fingerprint density at radius 1 is 0.938 bits per heavy atom. The van der Waals surface area contributed by atoms with Crippen LogP contribution in [0.2, 0.25) is 0 Å². The topological polar surface area (TPSA) is 36.9 Å². The number of hydrogen-bond donors (Lipinski definition) is 0. The molecule has 0 aliphatic rings. The van der Waals surface area contributed by atoms with Gasteiger partial charge in [-0.3, -0.25) is 0 Å². The highest BCUT2D eigenvalue weighted by Crippen LogP contribution is 2.18. The Morgan fingerprint density at radius 2 is 1.50 bits per heavy atom. The van der Waals surface area contributed by atoms with Gasteiger partial charge in [-0.2, -0.15) is 0 Å². The molecule has 0 radical (unpaired) electrons. The first-order valence-electron chi connectivity index (χ1n) is 4.94. The smallest absolute Gasteiger partial charge is 0.497 e. The van der Waals surface area contributed by atoms with Crippen molar-refractivity contribution in [2.45, 2.75) is 6.92 Å². The number of aryl methyl sites for hydroxylation is 1. The number of ether oxygens (including phenoxy) is 1. The Hall–Kier alpha value is -0.883. The Kier molecular flexibility index (Phi) is 4.49. The van der Waals surface area contributed by atoms with E-state index in [2.05, 4.69) is 0 Å². The lowest BCUT2D eigenvalue weighted by atomic mass is 10.2. The Bertz CT molecular complexity index is 342. The van der Waals surface area contributed by atoms with Crippen molar-refractivity contribution in [3.8, 4) is 5.75 Å². The molecule has 0 fully saturated rings. The van der Waals surface area contributed by atoms with Gasteiger partial charge in [-0.15, -0.1) is 0 Å². The molecule has 1 rings (SSSR count). The first-order chi connectivity index (χ1) is 7.65. The SMILES string of the molecule is COc1cccc(C)c1[Si](OC)(OC)OC. The summed E-state index contributed by atoms with van der Waals surface area (Å²) in [6.45, 7) is 1.98. The van der Waals surface area contributed by atoms with E-state index in [1.165, 1.54) is 0 Å². The van der Waals surface area contributed by atoms with Crippen molar-refractivity contribution in [1.29, 1.82) is 0 Å². The van der Waals surface area contributed by atoms with Gasteiger partial charge < -0.3 is 18.0 Å². The van der Waals surface area contributed by atoms with Crippen LogP contribution in [0, 0.1) is 6.92 Å². The normalized spacial score (nSPS) is 11.6. The average Bonchev–Trinajstić information content (AvgIpc) is 2.33. The molecule has 5 heteroatoms. The first-order valence-corrected chi connectivity index (χ1v) is 6.67. The summed E-state index contributed by atoms with van der Waals surface area (Å²) in [7, 11) is 3.56. The fourth-order valence-corrected chi connectivity index (χ4v) is 3.93. The van der Waals surface area contributed by atoms with Gasteiger partial charge in [-0.05, 0) is 18.6 Å². The second-order valence-electron chi connectivity index (χ2n) is 3.32. The van der Waals surface area contributed by atoms with Gasteiger partial charge in [0.25, 0.3) is 0 Å². The lowest BCUT2D eigenvalue weighted by Crippen LogP contribution is -2.56. The highest BCUT2D eigenvalue weighted by molar-refractivity contribution is 6.76. The zero-order chi connectivity index (χ0) is 12.2. The average molecular weight is 242 g/mol. The van der Waals surface area contributed by atoms with Gasteiger partial charge in [0, 0.05) is 21.3 Å². The molecule has 0 aliphatic heterocycles. The summed E-state index contributed by atoms with van der Waals surface area (Å²) in [5.74, 6) is 0.734. The summed E-state index contributed by atoms with van der Waals surface area (Å²) in [5, 5.41) is 0.880. The van der Waals surface area contributed by atoms with Gasteiger partial charge in [-0.1, -0.05) is 12.1 Å². The number of benzene rings is 1. The maximum absolute atomic E-state index is 5.46. The van der Waals surface area contributed by atoms with E-state index >= 15 is 0 Å². The van der Waals surface area contributed by atoms with Crippen LogP contribution in [0.3, 0.4) is 0 Å². The molecule has 0 bridgehead atoms. The molecular weight excluding hydrogens is 224 g/mol. The molecule has 4 nitrogen and oxygen atoms in total. The van der Waals surface area contributed by atoms with Crippen LogP contribution >= 0.6 is 0 Å². The fraction of sp³-hybridized carbons (Fsp3) is 0.455. The third kappa shape index (κ3) is 2.12. The molecule has 0 unspecified atom stereocenters. The van der Waals surface area contributed by atoms with Crippen LogP contribution in [0.15, 0.2) is 18.2 Å². The Labute approximate surface area is 97.5 Å². The van der Waals surface area contributed by atoms with Crippen molar-refractivity contribution in [3.63, 3.8) is 0 Å². The van der Waals surface area contributed by atoms with Crippen LogP contribution in [0.25, 0.3) is 0 Å². The molecular formula is C11H18O4Si. The van der Waals surface area contributed by atoms with Crippen LogP contribution in [0.5, 0.6) is 5.75 Å². The highest BCUT2D eigenvalue weighted by Gasteiger charge is 2.44. The monoisotopic (exact) mass is 242 g/mol. The maximum atomic E-state index is 5.46. The van der Waals surface area contributed by atoms with E-state index in [1.54, 1.807) is 28.4 Å². The van der Waals surface area contributed by atoms with Crippen LogP contribution in [-0.2, 0) is 13.3 Å². The van der Waals surface area contributed by atoms with Gasteiger partial charge in [0.2, 0.25) is 0 Å². The predicted molar refractivity (Wildman–Crippen MR) is 64.1 cm³/mol. The number of hydrogen-bond acceptors (Lipinski definition) is 4. The zero-order valence-electron chi connectivity index (χ0n) is 10.4. The minimum Gasteiger partial charge on any atom is -0.497 e. The first kappa shape index (κ1) is 13.2. The van der Waals surface area contributed by atoms with E-state index in [0.29, 0.717) is 0 Å². The van der Waals surface area contributed by atoms with E-state index in [0.717, 1.165) is 16.5 Å². The summed E-state index contributed by atoms with van der Waals surface area (Å²) in [6, 6.07) is 5.79. The van der Waals surface area contributed by atoms with Crippen molar-refractivity contribution in [2.75, 3.05) is 28.4 Å². The van der Waals surface area contributed by atoms with Crippen molar-refractivity contribution in [1.82, 2.24) is 0 Å². The molecule has 0 heterocycles. The van der Waals surface area contributed by atoms with Crippen LogP contribution in [0.1, 0.15) is 5.56 Å². The second-order valence-corrected chi connectivity index (χ2v) is 6.16. The molecule has 0 saturated heterocycles. The summed E-state index contributed by atoms with van der Waals surface area (Å²) in [6.07, 6.45) is 0. The molecule has 0 aliphatic carbocycles. The molecule has 0 spiro atoms. The van der Waals surface area contributed by atoms with Crippen LogP contribution in [-0.4, -0.2) is 37.2 Å². The van der Waals surface area contributed by atoms with Crippen molar-refractivity contribution in [2.24, 2.45) is 0 Å². The third-order valence-electron chi connectivity index (χ3n) is 2.57. The fourth-order valence-electron chi connectivity index (χ4n) is 1.76. The summed E-state index contributed by atoms with van der Waals surface area (Å²) in [5.41, 5.74) is 1.04. The molecule has 0 N–H and O–H groups in total. The summed E-state index contributed by atoms with van der Waals surface area (Å²) in [4.78, 5) is 0. The van der Waals surface area contributed by atoms with E-state index in [-0.39, 0.29) is 0 Å². The van der Waals surface area contributed by atoms with Gasteiger partial charge in [-0.25, -0.2) is 0 Å². The molecule has 0 amide bonds. The molecule has 0 aromatic heterocycles. The standard InChI is InChI=1S/C11H18O4Si/c1-9-7-6-8-10(12-2)11(9)16(13-3,14-4)15-5/h6-8H,1-5H3. The predicted octanol–water partition coefficient (Wildman–Crippen LogP) is 1.09. The van der Waals surface area contributed by atoms with Crippen molar-refractivity contribution < 1.29 is 18.0 Å². The van der Waals surface area contributed by atoms with E-state index in [9.17, 15) is 0 Å². The molecule has 0 saturated carbocycles. The molecule has 1 aromatic carbocycles. The summed E-state index contributed by atoms with van der Waals surface area (Å²) >= 11 is 0. The van der Waals surface area contributed by atoms with Gasteiger partial charge in [0.15, 0.2) is 0 Å². The molecule has 90 valence electrons. The molecule has 0 atom stereocenters. The molecule has 1 aromatic rings. The largest absolute Gasteiger partial charge is 0.540 e. The Balaban J connectivity index is 3.38. The van der Waals surface area contributed by atoms with Gasteiger partial charge in [0.1, 0.15) is 5.75 Å². The maximum Gasteiger partial charge on any atom is 0.540 e. The molecule has 16 heavy (non-hydrogen) atoms. The van der Waals surface area contributed by atoms with Crippen LogP contribution < -0.4 is 9.92 Å². The minimum absolute atomic E-state index is 0.734. The number of methoxy groups -OCH3 is 1. The van der Waals surface area contributed by atoms with Gasteiger partial charge in [0.05, 0.1) is 12.3 Å². The van der Waals surface area contributed by atoms with E-state index in [4.69, 9.17) is 18.0 Å². The second kappa shape index (κ2) is 5.45. The summed E-state index contributed by atoms with van der Waals surface area (Å²) < 4.78 is 21.7. The van der Waals surface area contributed by atoms with E-state index < -0.39 is 8.80 Å². The zero-order valence-corrected chi connectivity index (χ0v) is 11.4. The highest BCUT2D eigenvalue weighted by atomic mass is 28.4. The van der Waals surface area contributed by atoms with Crippen molar-refractivity contribution >= 4 is 14.0 Å². The third-order valence-corrected chi connectivity index (χ3v) is 5.43. The number of rotatable bonds is 5.